The zero-order valence-electron chi connectivity index (χ0n) is 16.7. The van der Waals surface area contributed by atoms with E-state index in [1.807, 2.05) is 68.4 Å². The van der Waals surface area contributed by atoms with Gasteiger partial charge in [0.05, 0.1) is 0 Å². The zero-order valence-corrected chi connectivity index (χ0v) is 17.4. The molecule has 1 N–H and O–H groups in total. The number of hydrogen-bond donors (Lipinski definition) is 1. The normalized spacial score (nSPS) is 10.9. The third kappa shape index (κ3) is 4.14. The molecule has 150 valence electrons. The predicted molar refractivity (Wildman–Crippen MR) is 121 cm³/mol. The summed E-state index contributed by atoms with van der Waals surface area (Å²) in [5.74, 6) is -0.490. The van der Waals surface area contributed by atoms with Crippen molar-refractivity contribution in [3.8, 4) is 0 Å². The van der Waals surface area contributed by atoms with Crippen molar-refractivity contribution in [2.45, 2.75) is 20.3 Å². The van der Waals surface area contributed by atoms with E-state index in [2.05, 4.69) is 5.32 Å². The van der Waals surface area contributed by atoms with Crippen LogP contribution >= 0.6 is 11.6 Å². The molecule has 4 aromatic rings. The van der Waals surface area contributed by atoms with Gasteiger partial charge < -0.3 is 9.73 Å². The molecule has 30 heavy (non-hydrogen) atoms. The third-order valence-corrected chi connectivity index (χ3v) is 5.40. The zero-order chi connectivity index (χ0) is 21.3. The molecular weight excluding hydrogens is 398 g/mol. The average Bonchev–Trinajstić information content (AvgIpc) is 2.72. The molecule has 0 aliphatic rings. The van der Waals surface area contributed by atoms with Crippen LogP contribution in [0.25, 0.3) is 11.0 Å². The molecule has 1 amide bonds. The Bertz CT molecular complexity index is 1320. The van der Waals surface area contributed by atoms with Crippen molar-refractivity contribution in [3.05, 3.63) is 110 Å². The second-order valence-electron chi connectivity index (χ2n) is 7.36. The SMILES string of the molecule is Cc1ccc(C)c(NC(=O)c2cc3cc(Cc4ccccc4Cl)ccc3oc2=O)c1. The highest BCUT2D eigenvalue weighted by Gasteiger charge is 2.15. The number of amides is 1. The number of halogens is 1. The molecule has 0 atom stereocenters. The van der Waals surface area contributed by atoms with Gasteiger partial charge in [-0.2, -0.15) is 0 Å². The Morgan fingerprint density at radius 2 is 1.80 bits per heavy atom. The highest BCUT2D eigenvalue weighted by Crippen LogP contribution is 2.23. The van der Waals surface area contributed by atoms with Crippen molar-refractivity contribution >= 4 is 34.2 Å². The van der Waals surface area contributed by atoms with Gasteiger partial charge in [0.25, 0.3) is 5.91 Å². The van der Waals surface area contributed by atoms with E-state index in [-0.39, 0.29) is 5.56 Å². The van der Waals surface area contributed by atoms with Gasteiger partial charge in [0, 0.05) is 16.1 Å². The van der Waals surface area contributed by atoms with E-state index in [4.69, 9.17) is 16.0 Å². The van der Waals surface area contributed by atoms with Gasteiger partial charge in [-0.15, -0.1) is 0 Å². The number of benzene rings is 3. The lowest BCUT2D eigenvalue weighted by atomic mass is 10.0. The van der Waals surface area contributed by atoms with E-state index in [1.165, 1.54) is 0 Å². The number of fused-ring (bicyclic) bond motifs is 1. The summed E-state index contributed by atoms with van der Waals surface area (Å²) in [5.41, 5.74) is 4.36. The first-order chi connectivity index (χ1) is 14.4. The number of rotatable bonds is 4. The summed E-state index contributed by atoms with van der Waals surface area (Å²) in [5, 5.41) is 4.20. The Labute approximate surface area is 179 Å². The van der Waals surface area contributed by atoms with Crippen LogP contribution < -0.4 is 10.9 Å². The molecule has 3 aromatic carbocycles. The summed E-state index contributed by atoms with van der Waals surface area (Å²) in [7, 11) is 0. The van der Waals surface area contributed by atoms with Crippen molar-refractivity contribution in [1.82, 2.24) is 0 Å². The Morgan fingerprint density at radius 3 is 2.60 bits per heavy atom. The van der Waals surface area contributed by atoms with E-state index in [0.29, 0.717) is 28.1 Å². The molecular formula is C25H20ClNO3. The molecule has 4 nitrogen and oxygen atoms in total. The molecule has 1 heterocycles. The fourth-order valence-electron chi connectivity index (χ4n) is 3.36. The lowest BCUT2D eigenvalue weighted by Crippen LogP contribution is -2.21. The summed E-state index contributed by atoms with van der Waals surface area (Å²) in [6.07, 6.45) is 0.638. The standard InChI is InChI=1S/C25H20ClNO3/c1-15-7-8-16(2)22(11-15)27-24(28)20-14-19-13-17(9-10-23(19)30-25(20)29)12-18-5-3-4-6-21(18)26/h3-11,13-14H,12H2,1-2H3,(H,27,28). The second kappa shape index (κ2) is 8.17. The number of carbonyl (C=O) groups is 1. The number of aryl methyl sites for hydroxylation is 2. The van der Waals surface area contributed by atoms with Gasteiger partial charge in [-0.1, -0.05) is 48.0 Å². The van der Waals surface area contributed by atoms with Crippen LogP contribution in [0.5, 0.6) is 0 Å². The van der Waals surface area contributed by atoms with E-state index in [1.54, 1.807) is 12.1 Å². The molecule has 0 radical (unpaired) electrons. The Morgan fingerprint density at radius 1 is 1.00 bits per heavy atom. The summed E-state index contributed by atoms with van der Waals surface area (Å²) >= 11 is 6.27. The minimum Gasteiger partial charge on any atom is -0.422 e. The monoisotopic (exact) mass is 417 g/mol. The summed E-state index contributed by atoms with van der Waals surface area (Å²) in [6, 6.07) is 20.6. The van der Waals surface area contributed by atoms with Crippen molar-refractivity contribution in [2.75, 3.05) is 5.32 Å². The van der Waals surface area contributed by atoms with E-state index in [9.17, 15) is 9.59 Å². The largest absolute Gasteiger partial charge is 0.422 e. The maximum Gasteiger partial charge on any atom is 0.349 e. The maximum atomic E-state index is 12.8. The van der Waals surface area contributed by atoms with Crippen LogP contribution in [0.4, 0.5) is 5.69 Å². The third-order valence-electron chi connectivity index (χ3n) is 5.03. The predicted octanol–water partition coefficient (Wildman–Crippen LogP) is 5.91. The van der Waals surface area contributed by atoms with E-state index >= 15 is 0 Å². The first-order valence-corrected chi connectivity index (χ1v) is 9.97. The van der Waals surface area contributed by atoms with Crippen LogP contribution in [0.15, 0.2) is 75.9 Å². The van der Waals surface area contributed by atoms with Crippen molar-refractivity contribution < 1.29 is 9.21 Å². The molecule has 0 bridgehead atoms. The number of carbonyl (C=O) groups excluding carboxylic acids is 1. The molecule has 0 aliphatic heterocycles. The summed E-state index contributed by atoms with van der Waals surface area (Å²) in [6.45, 7) is 3.85. The maximum absolute atomic E-state index is 12.8. The van der Waals surface area contributed by atoms with Crippen LogP contribution in [-0.4, -0.2) is 5.91 Å². The fraction of sp³-hybridized carbons (Fsp3) is 0.120. The highest BCUT2D eigenvalue weighted by atomic mass is 35.5. The molecule has 0 spiro atoms. The summed E-state index contributed by atoms with van der Waals surface area (Å²) in [4.78, 5) is 25.2. The van der Waals surface area contributed by atoms with Crippen LogP contribution in [0.3, 0.4) is 0 Å². The Kier molecular flexibility index (Phi) is 5.42. The van der Waals surface area contributed by atoms with Crippen molar-refractivity contribution in [2.24, 2.45) is 0 Å². The molecule has 4 rings (SSSR count). The molecule has 5 heteroatoms. The van der Waals surface area contributed by atoms with Crippen LogP contribution in [-0.2, 0) is 6.42 Å². The van der Waals surface area contributed by atoms with Crippen LogP contribution in [0.2, 0.25) is 5.02 Å². The van der Waals surface area contributed by atoms with Gasteiger partial charge in [-0.05, 0) is 72.9 Å². The minimum absolute atomic E-state index is 0.0294. The van der Waals surface area contributed by atoms with Crippen LogP contribution in [0.1, 0.15) is 32.6 Å². The molecule has 0 saturated carbocycles. The lowest BCUT2D eigenvalue weighted by Gasteiger charge is -2.10. The molecule has 0 fully saturated rings. The molecule has 1 aromatic heterocycles. The quantitative estimate of drug-likeness (QED) is 0.420. The smallest absolute Gasteiger partial charge is 0.349 e. The Balaban J connectivity index is 1.67. The molecule has 0 unspecified atom stereocenters. The number of hydrogen-bond acceptors (Lipinski definition) is 3. The lowest BCUT2D eigenvalue weighted by molar-refractivity contribution is 0.102. The van der Waals surface area contributed by atoms with Gasteiger partial charge in [0.1, 0.15) is 11.1 Å². The second-order valence-corrected chi connectivity index (χ2v) is 7.77. The average molecular weight is 418 g/mol. The minimum atomic E-state index is -0.663. The Hall–Kier alpha value is -3.37. The molecule has 0 aliphatic carbocycles. The first kappa shape index (κ1) is 19.9. The van der Waals surface area contributed by atoms with Gasteiger partial charge in [-0.25, -0.2) is 4.79 Å². The topological polar surface area (TPSA) is 59.3 Å². The summed E-state index contributed by atoms with van der Waals surface area (Å²) < 4.78 is 5.39. The van der Waals surface area contributed by atoms with E-state index in [0.717, 1.165) is 22.3 Å². The number of anilines is 1. The van der Waals surface area contributed by atoms with Crippen molar-refractivity contribution in [1.29, 1.82) is 0 Å². The van der Waals surface area contributed by atoms with Gasteiger partial charge in [0.15, 0.2) is 0 Å². The van der Waals surface area contributed by atoms with Gasteiger partial charge in [-0.3, -0.25) is 4.79 Å². The van der Waals surface area contributed by atoms with Crippen LogP contribution in [0, 0.1) is 13.8 Å². The highest BCUT2D eigenvalue weighted by molar-refractivity contribution is 6.31. The van der Waals surface area contributed by atoms with Gasteiger partial charge in [0.2, 0.25) is 0 Å². The van der Waals surface area contributed by atoms with Crippen molar-refractivity contribution in [3.63, 3.8) is 0 Å². The fourth-order valence-corrected chi connectivity index (χ4v) is 3.57. The number of nitrogens with one attached hydrogen (secondary N) is 1. The molecule has 0 saturated heterocycles. The van der Waals surface area contributed by atoms with Gasteiger partial charge >= 0.3 is 5.63 Å². The van der Waals surface area contributed by atoms with E-state index < -0.39 is 11.5 Å². The first-order valence-electron chi connectivity index (χ1n) is 9.59.